The molecule has 16 nitrogen and oxygen atoms in total. The predicted molar refractivity (Wildman–Crippen MR) is 190 cm³/mol. The van der Waals surface area contributed by atoms with Gasteiger partial charge >= 0.3 is 5.97 Å². The number of nitrogens with zero attached hydrogens (tertiary/aromatic N) is 1. The van der Waals surface area contributed by atoms with Crippen LogP contribution in [0.3, 0.4) is 0 Å². The van der Waals surface area contributed by atoms with Gasteiger partial charge in [-0.2, -0.15) is 0 Å². The summed E-state index contributed by atoms with van der Waals surface area (Å²) in [5.74, 6) is -0.266. The van der Waals surface area contributed by atoms with Crippen LogP contribution >= 0.6 is 0 Å². The second kappa shape index (κ2) is 40.1. The van der Waals surface area contributed by atoms with Gasteiger partial charge in [-0.25, -0.2) is 0 Å². The topological polar surface area (TPSA) is 150 Å². The van der Waals surface area contributed by atoms with Crippen molar-refractivity contribution in [3.8, 4) is 0 Å². The van der Waals surface area contributed by atoms with E-state index in [2.05, 4.69) is 4.90 Å². The lowest BCUT2D eigenvalue weighted by molar-refractivity contribution is -0.156. The minimum absolute atomic E-state index is 0.231. The monoisotopic (exact) mass is 745 g/mol. The molecule has 0 radical (unpaired) electrons. The summed E-state index contributed by atoms with van der Waals surface area (Å²) in [6.07, 6.45) is 0.231. The van der Waals surface area contributed by atoms with Crippen LogP contribution in [0, 0.1) is 0 Å². The second-order valence-electron chi connectivity index (χ2n) is 12.1. The molecule has 0 amide bonds. The molecule has 0 N–H and O–H groups in total. The fourth-order valence-electron chi connectivity index (χ4n) is 3.54. The van der Waals surface area contributed by atoms with Crippen molar-refractivity contribution in [1.82, 2.24) is 4.90 Å². The van der Waals surface area contributed by atoms with E-state index >= 15 is 0 Å². The van der Waals surface area contributed by atoms with Crippen molar-refractivity contribution in [2.45, 2.75) is 32.8 Å². The van der Waals surface area contributed by atoms with Crippen molar-refractivity contribution in [2.75, 3.05) is 192 Å². The zero-order valence-corrected chi connectivity index (χ0v) is 32.4. The Kier molecular flexibility index (Phi) is 39.2. The molecule has 0 spiro atoms. The molecule has 306 valence electrons. The van der Waals surface area contributed by atoms with Gasteiger partial charge < -0.3 is 71.2 Å². The predicted octanol–water partition coefficient (Wildman–Crippen LogP) is 1.50. The van der Waals surface area contributed by atoms with Gasteiger partial charge in [-0.1, -0.05) is 0 Å². The molecule has 0 heterocycles. The van der Waals surface area contributed by atoms with Crippen LogP contribution in [0.25, 0.3) is 0 Å². The Morgan fingerprint density at radius 1 is 0.353 bits per heavy atom. The Morgan fingerprint density at radius 2 is 0.549 bits per heavy atom. The molecule has 0 aromatic rings. The third kappa shape index (κ3) is 46.9. The normalized spacial score (nSPS) is 12.0. The molecule has 0 aliphatic heterocycles. The van der Waals surface area contributed by atoms with Crippen molar-refractivity contribution in [3.63, 3.8) is 0 Å². The van der Waals surface area contributed by atoms with Crippen molar-refractivity contribution < 1.29 is 71.1 Å². The maximum atomic E-state index is 11.6. The van der Waals surface area contributed by atoms with Gasteiger partial charge in [0.2, 0.25) is 0 Å². The minimum Gasteiger partial charge on any atom is -0.460 e. The highest BCUT2D eigenvalue weighted by Crippen LogP contribution is 2.08. The van der Waals surface area contributed by atoms with Gasteiger partial charge in [0.15, 0.2) is 0 Å². The first-order valence-corrected chi connectivity index (χ1v) is 18.2. The van der Waals surface area contributed by atoms with Gasteiger partial charge in [0.1, 0.15) is 5.60 Å². The highest BCUT2D eigenvalue weighted by Gasteiger charge is 2.15. The number of esters is 1. The van der Waals surface area contributed by atoms with Crippen LogP contribution in [0.5, 0.6) is 0 Å². The lowest BCUT2D eigenvalue weighted by Crippen LogP contribution is -2.24. The number of carbonyl (C=O) groups is 1. The highest BCUT2D eigenvalue weighted by atomic mass is 16.6. The quantitative estimate of drug-likeness (QED) is 0.0656. The van der Waals surface area contributed by atoms with E-state index in [0.29, 0.717) is 172 Å². The van der Waals surface area contributed by atoms with Crippen LogP contribution in [-0.2, 0) is 71.1 Å². The Bertz CT molecular complexity index is 701. The summed E-state index contributed by atoms with van der Waals surface area (Å²) in [5.41, 5.74) is -0.475. The molecule has 0 aromatic heterocycles. The SMILES string of the molecule is CN(C)CCOCCOCCOCCOCCOCCOCCOCCOCCOCCOCCOCCOCCOCCC(=O)OC(C)(C)C. The molecule has 0 saturated carbocycles. The zero-order chi connectivity index (χ0) is 37.4. The molecule has 51 heavy (non-hydrogen) atoms. The van der Waals surface area contributed by atoms with Crippen LogP contribution in [0.1, 0.15) is 27.2 Å². The summed E-state index contributed by atoms with van der Waals surface area (Å²) >= 11 is 0. The lowest BCUT2D eigenvalue weighted by atomic mass is 10.2. The van der Waals surface area contributed by atoms with Gasteiger partial charge in [-0.05, 0) is 34.9 Å². The van der Waals surface area contributed by atoms with E-state index in [-0.39, 0.29) is 12.4 Å². The van der Waals surface area contributed by atoms with Gasteiger partial charge in [0, 0.05) is 6.54 Å². The molecule has 0 unspecified atom stereocenters. The van der Waals surface area contributed by atoms with Gasteiger partial charge in [-0.3, -0.25) is 4.79 Å². The Hall–Kier alpha value is -1.09. The summed E-state index contributed by atoms with van der Waals surface area (Å²) in [7, 11) is 4.04. The molecular weight excluding hydrogens is 674 g/mol. The number of carbonyl (C=O) groups excluding carboxylic acids is 1. The molecule has 0 saturated heterocycles. The number of rotatable bonds is 42. The fraction of sp³-hybridized carbons (Fsp3) is 0.971. The first-order chi connectivity index (χ1) is 24.8. The summed E-state index contributed by atoms with van der Waals surface area (Å²) in [6, 6.07) is 0. The first kappa shape index (κ1) is 49.9. The van der Waals surface area contributed by atoms with Gasteiger partial charge in [0.05, 0.1) is 178 Å². The van der Waals surface area contributed by atoms with Gasteiger partial charge in [-0.15, -0.1) is 0 Å². The molecule has 0 bridgehead atoms. The third-order valence-corrected chi connectivity index (χ3v) is 6.02. The summed E-state index contributed by atoms with van der Waals surface area (Å²) in [4.78, 5) is 13.7. The largest absolute Gasteiger partial charge is 0.460 e. The first-order valence-electron chi connectivity index (χ1n) is 18.2. The smallest absolute Gasteiger partial charge is 0.308 e. The fourth-order valence-corrected chi connectivity index (χ4v) is 3.54. The van der Waals surface area contributed by atoms with Crippen LogP contribution in [-0.4, -0.2) is 209 Å². The summed E-state index contributed by atoms with van der Waals surface area (Å²) in [6.45, 7) is 19.5. The van der Waals surface area contributed by atoms with Crippen LogP contribution < -0.4 is 0 Å². The maximum Gasteiger partial charge on any atom is 0.308 e. The number of hydrogen-bond acceptors (Lipinski definition) is 16. The number of ether oxygens (including phenoxy) is 14. The maximum absolute atomic E-state index is 11.6. The molecule has 0 aliphatic rings. The number of likely N-dealkylation sites (N-methyl/N-ethyl adjacent to an activating group) is 1. The van der Waals surface area contributed by atoms with Crippen molar-refractivity contribution >= 4 is 5.97 Å². The van der Waals surface area contributed by atoms with Crippen LogP contribution in [0.2, 0.25) is 0 Å². The third-order valence-electron chi connectivity index (χ3n) is 6.02. The Balaban J connectivity index is 3.09. The Morgan fingerprint density at radius 3 is 0.745 bits per heavy atom. The summed E-state index contributed by atoms with van der Waals surface area (Å²) in [5, 5.41) is 0. The van der Waals surface area contributed by atoms with Gasteiger partial charge in [0.25, 0.3) is 0 Å². The van der Waals surface area contributed by atoms with Crippen LogP contribution in [0.15, 0.2) is 0 Å². The standard InChI is InChI=1S/C35H71NO15/c1-35(2,3)51-34(37)6-8-38-10-12-40-14-16-42-18-20-44-22-24-46-26-28-48-30-32-50-33-31-49-29-27-47-25-23-45-21-19-43-17-15-41-13-11-39-9-7-36(4)5/h6-33H2,1-5H3. The van der Waals surface area contributed by atoms with Crippen molar-refractivity contribution in [1.29, 1.82) is 0 Å². The van der Waals surface area contributed by atoms with E-state index in [9.17, 15) is 4.79 Å². The van der Waals surface area contributed by atoms with E-state index in [1.54, 1.807) is 0 Å². The molecule has 0 aromatic carbocycles. The molecule has 0 atom stereocenters. The highest BCUT2D eigenvalue weighted by molar-refractivity contribution is 5.69. The molecule has 0 aliphatic carbocycles. The molecular formula is C35H71NO15. The minimum atomic E-state index is -0.475. The van der Waals surface area contributed by atoms with E-state index < -0.39 is 5.60 Å². The average Bonchev–Trinajstić information content (AvgIpc) is 3.08. The molecule has 16 heteroatoms. The lowest BCUT2D eigenvalue weighted by Gasteiger charge is -2.19. The van der Waals surface area contributed by atoms with Crippen molar-refractivity contribution in [3.05, 3.63) is 0 Å². The summed E-state index contributed by atoms with van der Waals surface area (Å²) < 4.78 is 76.2. The van der Waals surface area contributed by atoms with E-state index in [1.165, 1.54) is 0 Å². The second-order valence-corrected chi connectivity index (χ2v) is 12.1. The number of hydrogen-bond donors (Lipinski definition) is 0. The zero-order valence-electron chi connectivity index (χ0n) is 32.4. The molecule has 0 rings (SSSR count). The molecule has 0 fully saturated rings. The van der Waals surface area contributed by atoms with Crippen LogP contribution in [0.4, 0.5) is 0 Å². The Labute approximate surface area is 307 Å². The van der Waals surface area contributed by atoms with E-state index in [0.717, 1.165) is 6.54 Å². The average molecular weight is 746 g/mol. The van der Waals surface area contributed by atoms with E-state index in [4.69, 9.17) is 66.3 Å². The van der Waals surface area contributed by atoms with E-state index in [1.807, 2.05) is 34.9 Å². The van der Waals surface area contributed by atoms with Crippen molar-refractivity contribution in [2.24, 2.45) is 0 Å².